The van der Waals surface area contributed by atoms with E-state index in [0.29, 0.717) is 55.7 Å². The fourth-order valence-corrected chi connectivity index (χ4v) is 13.7. The standard InChI is InChI=1S/C47H55N3O8Si/c1-32-45(59(4,5)37-22-20-36(56-2)21-23-37)41(30-43(53)48(27-28-51)31-33-13-7-6-8-14-33)58-47(32)38-29-35(50-39-16-10-9-15-34(39)18-25-42(50)52)19-24-40(38)49(46(47)55)26-12-11-17-44(54)57-3/h6-10,13-16,19-24,29,32,41,45,51H,11-12,17-18,25-28,30-31H2,1-5H3/t32-,41+,45-,47+/m0/s1. The lowest BCUT2D eigenvalue weighted by molar-refractivity contribution is -0.149. The summed E-state index contributed by atoms with van der Waals surface area (Å²) in [6, 6.07) is 31.5. The van der Waals surface area contributed by atoms with E-state index in [9.17, 15) is 19.5 Å². The van der Waals surface area contributed by atoms with Crippen LogP contribution < -0.4 is 19.7 Å². The van der Waals surface area contributed by atoms with Crippen molar-refractivity contribution < 1.29 is 38.5 Å². The predicted octanol–water partition coefficient (Wildman–Crippen LogP) is 6.62. The molecule has 3 aliphatic heterocycles. The fourth-order valence-electron chi connectivity index (χ4n) is 9.73. The van der Waals surface area contributed by atoms with E-state index in [1.165, 1.54) is 7.11 Å². The molecule has 11 nitrogen and oxygen atoms in total. The highest BCUT2D eigenvalue weighted by Gasteiger charge is 2.66. The van der Waals surface area contributed by atoms with E-state index < -0.39 is 25.7 Å². The smallest absolute Gasteiger partial charge is 0.305 e. The van der Waals surface area contributed by atoms with Crippen LogP contribution in [0.25, 0.3) is 0 Å². The van der Waals surface area contributed by atoms with Crippen LogP contribution in [0, 0.1) is 5.92 Å². The normalized spacial score (nSPS) is 21.1. The monoisotopic (exact) mass is 817 g/mol. The summed E-state index contributed by atoms with van der Waals surface area (Å²) in [6.07, 6.45) is 1.69. The van der Waals surface area contributed by atoms with Crippen LogP contribution in [0.1, 0.15) is 55.7 Å². The van der Waals surface area contributed by atoms with E-state index in [4.69, 9.17) is 14.2 Å². The molecule has 4 atom stereocenters. The number of esters is 1. The van der Waals surface area contributed by atoms with Crippen LogP contribution in [0.15, 0.2) is 97.1 Å². The fraction of sp³-hybridized carbons (Fsp3) is 0.404. The zero-order chi connectivity index (χ0) is 41.9. The number of anilines is 3. The Kier molecular flexibility index (Phi) is 12.4. The quantitative estimate of drug-likeness (QED) is 0.0807. The number of carbonyl (C=O) groups excluding carboxylic acids is 4. The van der Waals surface area contributed by atoms with Crippen molar-refractivity contribution in [2.45, 2.75) is 82.3 Å². The first-order valence-corrected chi connectivity index (χ1v) is 23.7. The number of hydrogen-bond acceptors (Lipinski definition) is 8. The summed E-state index contributed by atoms with van der Waals surface area (Å²) in [4.78, 5) is 60.9. The topological polar surface area (TPSA) is 126 Å². The third kappa shape index (κ3) is 7.93. The SMILES string of the molecule is COC(=O)CCCCN1C(=O)[C@]2(O[C@H](CC(=O)N(CCO)Cc3ccccc3)[C@@H]([Si](C)(C)c3ccc(OC)cc3)[C@@H]2C)c2cc(N3C(=O)CCc4ccccc43)ccc21. The molecule has 0 bridgehead atoms. The van der Waals surface area contributed by atoms with Crippen molar-refractivity contribution in [3.8, 4) is 5.75 Å². The highest BCUT2D eigenvalue weighted by molar-refractivity contribution is 6.91. The van der Waals surface area contributed by atoms with Gasteiger partial charge in [0.2, 0.25) is 11.8 Å². The molecule has 12 heteroatoms. The summed E-state index contributed by atoms with van der Waals surface area (Å²) in [5.41, 5.74) is 3.17. The van der Waals surface area contributed by atoms with Crippen LogP contribution >= 0.6 is 0 Å². The molecule has 4 aromatic rings. The van der Waals surface area contributed by atoms with E-state index in [-0.39, 0.29) is 55.2 Å². The van der Waals surface area contributed by atoms with Gasteiger partial charge in [-0.1, -0.05) is 85.9 Å². The van der Waals surface area contributed by atoms with Gasteiger partial charge in [-0.3, -0.25) is 24.1 Å². The van der Waals surface area contributed by atoms with E-state index in [0.717, 1.165) is 27.8 Å². The number of fused-ring (bicyclic) bond motifs is 3. The Balaban J connectivity index is 1.34. The molecule has 1 N–H and O–H groups in total. The van der Waals surface area contributed by atoms with Crippen LogP contribution in [-0.2, 0) is 47.2 Å². The average molecular weight is 818 g/mol. The minimum Gasteiger partial charge on any atom is -0.497 e. The third-order valence-electron chi connectivity index (χ3n) is 12.7. The van der Waals surface area contributed by atoms with Crippen molar-refractivity contribution in [3.63, 3.8) is 0 Å². The van der Waals surface area contributed by atoms with Gasteiger partial charge in [-0.15, -0.1) is 0 Å². The summed E-state index contributed by atoms with van der Waals surface area (Å²) in [6.45, 7) is 7.26. The van der Waals surface area contributed by atoms with Gasteiger partial charge >= 0.3 is 5.97 Å². The zero-order valence-corrected chi connectivity index (χ0v) is 35.7. The van der Waals surface area contributed by atoms with Gasteiger partial charge in [0.05, 0.1) is 52.8 Å². The molecule has 1 spiro atoms. The van der Waals surface area contributed by atoms with Gasteiger partial charge in [-0.25, -0.2) is 0 Å². The first kappa shape index (κ1) is 41.8. The minimum atomic E-state index is -2.61. The van der Waals surface area contributed by atoms with Crippen molar-refractivity contribution in [2.24, 2.45) is 5.92 Å². The molecule has 1 saturated heterocycles. The van der Waals surface area contributed by atoms with Gasteiger partial charge in [0.15, 0.2) is 5.60 Å². The van der Waals surface area contributed by atoms with Gasteiger partial charge in [0.25, 0.3) is 5.91 Å². The number of carbonyl (C=O) groups is 4. The number of unbranched alkanes of at least 4 members (excludes halogenated alkanes) is 1. The summed E-state index contributed by atoms with van der Waals surface area (Å²) in [5, 5.41) is 11.2. The Morgan fingerprint density at radius 2 is 1.64 bits per heavy atom. The van der Waals surface area contributed by atoms with E-state index >= 15 is 4.79 Å². The molecule has 4 aromatic carbocycles. The van der Waals surface area contributed by atoms with Crippen LogP contribution in [-0.4, -0.2) is 81.8 Å². The maximum absolute atomic E-state index is 15.4. The van der Waals surface area contributed by atoms with E-state index in [2.05, 4.69) is 32.2 Å². The van der Waals surface area contributed by atoms with Crippen molar-refractivity contribution in [3.05, 3.63) is 114 Å². The summed E-state index contributed by atoms with van der Waals surface area (Å²) in [5.74, 6) is -0.369. The molecule has 59 heavy (non-hydrogen) atoms. The molecule has 1 fully saturated rings. The van der Waals surface area contributed by atoms with Crippen molar-refractivity contribution in [1.82, 2.24) is 4.90 Å². The molecule has 3 aliphatic rings. The number of ether oxygens (including phenoxy) is 3. The van der Waals surface area contributed by atoms with Crippen LogP contribution in [0.2, 0.25) is 18.6 Å². The highest BCUT2D eigenvalue weighted by Crippen LogP contribution is 2.60. The molecule has 3 heterocycles. The first-order valence-electron chi connectivity index (χ1n) is 20.6. The van der Waals surface area contributed by atoms with Crippen molar-refractivity contribution >= 4 is 54.0 Å². The maximum atomic E-state index is 15.4. The molecule has 0 unspecified atom stereocenters. The number of hydrogen-bond donors (Lipinski definition) is 1. The predicted molar refractivity (Wildman–Crippen MR) is 230 cm³/mol. The molecule has 310 valence electrons. The second-order valence-electron chi connectivity index (χ2n) is 16.4. The molecule has 0 saturated carbocycles. The lowest BCUT2D eigenvalue weighted by Crippen LogP contribution is -2.52. The molecule has 7 rings (SSSR count). The number of nitrogens with zero attached hydrogens (tertiary/aromatic N) is 3. The van der Waals surface area contributed by atoms with Crippen molar-refractivity contribution in [1.29, 1.82) is 0 Å². The molecule has 0 radical (unpaired) electrons. The molecule has 3 amide bonds. The number of amides is 3. The van der Waals surface area contributed by atoms with E-state index in [1.54, 1.807) is 21.8 Å². The summed E-state index contributed by atoms with van der Waals surface area (Å²) in [7, 11) is 0.397. The Bertz CT molecular complexity index is 2180. The van der Waals surface area contributed by atoms with Crippen LogP contribution in [0.4, 0.5) is 17.1 Å². The maximum Gasteiger partial charge on any atom is 0.305 e. The Hall–Kier alpha value is -5.30. The Morgan fingerprint density at radius 3 is 2.36 bits per heavy atom. The van der Waals surface area contributed by atoms with Gasteiger partial charge < -0.3 is 29.1 Å². The molecular weight excluding hydrogens is 763 g/mol. The number of aryl methyl sites for hydroxylation is 1. The molecular formula is C47H55N3O8Si. The van der Waals surface area contributed by atoms with Gasteiger partial charge in [-0.05, 0) is 72.3 Å². The first-order chi connectivity index (χ1) is 28.4. The van der Waals surface area contributed by atoms with Crippen molar-refractivity contribution in [2.75, 3.05) is 43.7 Å². The largest absolute Gasteiger partial charge is 0.497 e. The second kappa shape index (κ2) is 17.5. The summed E-state index contributed by atoms with van der Waals surface area (Å²) < 4.78 is 17.7. The molecule has 0 aliphatic carbocycles. The second-order valence-corrected chi connectivity index (χ2v) is 21.1. The highest BCUT2D eigenvalue weighted by atomic mass is 28.3. The van der Waals surface area contributed by atoms with E-state index in [1.807, 2.05) is 84.9 Å². The average Bonchev–Trinajstić information content (AvgIpc) is 3.67. The van der Waals surface area contributed by atoms with Crippen LogP contribution in [0.5, 0.6) is 5.75 Å². The number of rotatable bonds is 15. The number of aliphatic hydroxyl groups excluding tert-OH is 1. The lowest BCUT2D eigenvalue weighted by Gasteiger charge is -2.37. The minimum absolute atomic E-state index is 0.00952. The number of benzene rings is 4. The number of para-hydroxylation sites is 1. The zero-order valence-electron chi connectivity index (χ0n) is 34.7. The Morgan fingerprint density at radius 1 is 0.915 bits per heavy atom. The molecule has 0 aromatic heterocycles. The van der Waals surface area contributed by atoms with Gasteiger partial charge in [0, 0.05) is 49.6 Å². The van der Waals surface area contributed by atoms with Gasteiger partial charge in [-0.2, -0.15) is 0 Å². The number of methoxy groups -OCH3 is 2. The summed E-state index contributed by atoms with van der Waals surface area (Å²) >= 11 is 0. The Labute approximate surface area is 347 Å². The third-order valence-corrected chi connectivity index (χ3v) is 17.1. The van der Waals surface area contributed by atoms with Crippen LogP contribution in [0.3, 0.4) is 0 Å². The number of aliphatic hydroxyl groups is 1. The van der Waals surface area contributed by atoms with Gasteiger partial charge in [0.1, 0.15) is 5.75 Å². The lowest BCUT2D eigenvalue weighted by atomic mass is 9.82.